The van der Waals surface area contributed by atoms with Crippen molar-refractivity contribution in [3.8, 4) is 0 Å². The average molecular weight is 325 g/mol. The van der Waals surface area contributed by atoms with Crippen molar-refractivity contribution in [3.05, 3.63) is 0 Å². The highest BCUT2D eigenvalue weighted by Crippen LogP contribution is 2.49. The average Bonchev–Trinajstić information content (AvgIpc) is 2.92. The Morgan fingerprint density at radius 1 is 1.26 bits per heavy atom. The van der Waals surface area contributed by atoms with E-state index in [1.54, 1.807) is 4.90 Å². The van der Waals surface area contributed by atoms with Crippen molar-refractivity contribution in [3.63, 3.8) is 0 Å². The molecule has 3 atom stereocenters. The molecule has 2 fully saturated rings. The maximum absolute atomic E-state index is 12.3. The van der Waals surface area contributed by atoms with Crippen molar-refractivity contribution < 1.29 is 19.4 Å². The van der Waals surface area contributed by atoms with Gasteiger partial charge in [0, 0.05) is 13.1 Å². The summed E-state index contributed by atoms with van der Waals surface area (Å²) >= 11 is 0. The summed E-state index contributed by atoms with van der Waals surface area (Å²) in [4.78, 5) is 26.1. The molecule has 0 radical (unpaired) electrons. The van der Waals surface area contributed by atoms with Crippen LogP contribution in [-0.4, -0.2) is 40.8 Å². The van der Waals surface area contributed by atoms with E-state index in [1.807, 2.05) is 20.8 Å². The first-order valence-corrected chi connectivity index (χ1v) is 8.91. The minimum Gasteiger partial charge on any atom is -0.481 e. The molecule has 2 aliphatic rings. The second kappa shape index (κ2) is 6.70. The molecule has 1 aliphatic heterocycles. The highest BCUT2D eigenvalue weighted by atomic mass is 16.6. The Hall–Kier alpha value is -1.26. The number of nitrogens with zero attached hydrogens (tertiary/aromatic N) is 1. The van der Waals surface area contributed by atoms with E-state index in [-0.39, 0.29) is 12.0 Å². The summed E-state index contributed by atoms with van der Waals surface area (Å²) in [5.41, 5.74) is -1.35. The molecule has 3 unspecified atom stereocenters. The molecular formula is C18H31NO4. The molecule has 0 spiro atoms. The Kier molecular flexibility index (Phi) is 5.27. The van der Waals surface area contributed by atoms with E-state index in [1.165, 1.54) is 6.42 Å². The summed E-state index contributed by atoms with van der Waals surface area (Å²) in [5.74, 6) is -0.112. The molecule has 23 heavy (non-hydrogen) atoms. The van der Waals surface area contributed by atoms with Crippen molar-refractivity contribution in [1.82, 2.24) is 4.90 Å². The van der Waals surface area contributed by atoms with Crippen molar-refractivity contribution in [1.29, 1.82) is 0 Å². The summed E-state index contributed by atoms with van der Waals surface area (Å²) in [6.07, 6.45) is 5.55. The van der Waals surface area contributed by atoms with Crippen LogP contribution in [0.2, 0.25) is 0 Å². The molecule has 1 aliphatic carbocycles. The van der Waals surface area contributed by atoms with Crippen molar-refractivity contribution in [2.24, 2.45) is 17.3 Å². The minimum absolute atomic E-state index is 0.172. The maximum atomic E-state index is 12.3. The lowest BCUT2D eigenvalue weighted by molar-refractivity contribution is -0.154. The Balaban J connectivity index is 2.17. The largest absolute Gasteiger partial charge is 0.481 e. The number of carbonyl (C=O) groups is 2. The van der Waals surface area contributed by atoms with E-state index >= 15 is 0 Å². The summed E-state index contributed by atoms with van der Waals surface area (Å²) in [6.45, 7) is 8.42. The van der Waals surface area contributed by atoms with Gasteiger partial charge in [0.25, 0.3) is 0 Å². The molecule has 0 aromatic heterocycles. The Morgan fingerprint density at radius 3 is 2.48 bits per heavy atom. The summed E-state index contributed by atoms with van der Waals surface area (Å²) in [7, 11) is 0. The number of likely N-dealkylation sites (tertiary alicyclic amines) is 1. The van der Waals surface area contributed by atoms with E-state index in [2.05, 4.69) is 6.92 Å². The van der Waals surface area contributed by atoms with E-state index < -0.39 is 17.0 Å². The van der Waals surface area contributed by atoms with Crippen LogP contribution in [-0.2, 0) is 9.53 Å². The Bertz CT molecular complexity index is 456. The molecule has 5 nitrogen and oxygen atoms in total. The van der Waals surface area contributed by atoms with Gasteiger partial charge < -0.3 is 14.7 Å². The van der Waals surface area contributed by atoms with Gasteiger partial charge in [0.2, 0.25) is 0 Å². The van der Waals surface area contributed by atoms with Gasteiger partial charge in [0.1, 0.15) is 5.60 Å². The van der Waals surface area contributed by atoms with Gasteiger partial charge in [0.15, 0.2) is 0 Å². The van der Waals surface area contributed by atoms with Gasteiger partial charge in [-0.25, -0.2) is 4.79 Å². The van der Waals surface area contributed by atoms with Gasteiger partial charge in [0.05, 0.1) is 5.41 Å². The molecule has 1 N–H and O–H groups in total. The molecule has 1 saturated heterocycles. The first kappa shape index (κ1) is 18.1. The third-order valence-corrected chi connectivity index (χ3v) is 5.52. The number of carbonyl (C=O) groups excluding carboxylic acids is 1. The fraction of sp³-hybridized carbons (Fsp3) is 0.889. The van der Waals surface area contributed by atoms with Gasteiger partial charge in [-0.15, -0.1) is 0 Å². The number of carboxylic acids is 1. The topological polar surface area (TPSA) is 66.8 Å². The molecule has 0 bridgehead atoms. The smallest absolute Gasteiger partial charge is 0.410 e. The molecule has 1 amide bonds. The number of amides is 1. The number of hydrogen-bond donors (Lipinski definition) is 1. The van der Waals surface area contributed by atoms with Crippen molar-refractivity contribution in [2.75, 3.05) is 13.1 Å². The molecule has 2 rings (SSSR count). The van der Waals surface area contributed by atoms with Crippen LogP contribution < -0.4 is 0 Å². The monoisotopic (exact) mass is 325 g/mol. The van der Waals surface area contributed by atoms with E-state index in [0.717, 1.165) is 25.7 Å². The third kappa shape index (κ3) is 3.81. The molecule has 0 aromatic carbocycles. The number of carboxylic acid groups (broad SMARTS) is 1. The Morgan fingerprint density at radius 2 is 1.91 bits per heavy atom. The summed E-state index contributed by atoms with van der Waals surface area (Å²) in [5, 5.41) is 9.98. The summed E-state index contributed by atoms with van der Waals surface area (Å²) < 4.78 is 5.43. The molecule has 5 heteroatoms. The lowest BCUT2D eigenvalue weighted by Crippen LogP contribution is -2.46. The summed E-state index contributed by atoms with van der Waals surface area (Å²) in [6, 6.07) is 0. The van der Waals surface area contributed by atoms with Gasteiger partial charge in [-0.1, -0.05) is 32.6 Å². The van der Waals surface area contributed by atoms with Crippen LogP contribution >= 0.6 is 0 Å². The highest BCUT2D eigenvalue weighted by molar-refractivity contribution is 5.78. The molecule has 1 heterocycles. The second-order valence-electron chi connectivity index (χ2n) is 8.17. The van der Waals surface area contributed by atoms with Crippen LogP contribution in [0, 0.1) is 17.3 Å². The van der Waals surface area contributed by atoms with Crippen LogP contribution in [0.1, 0.15) is 66.2 Å². The number of ether oxygens (including phenoxy) is 1. The van der Waals surface area contributed by atoms with Crippen LogP contribution in [0.25, 0.3) is 0 Å². The third-order valence-electron chi connectivity index (χ3n) is 5.52. The zero-order chi connectivity index (χ0) is 17.3. The number of hydrogen-bond acceptors (Lipinski definition) is 3. The lowest BCUT2D eigenvalue weighted by atomic mass is 9.62. The van der Waals surface area contributed by atoms with Crippen LogP contribution in [0.4, 0.5) is 4.79 Å². The minimum atomic E-state index is -0.794. The normalized spacial score (nSPS) is 31.9. The number of rotatable bonds is 3. The SMILES string of the molecule is CCC1CCCCC1C1(C(=O)O)CCN(C(=O)OC(C)(C)C)C1. The fourth-order valence-electron chi connectivity index (χ4n) is 4.38. The molecule has 0 aromatic rings. The van der Waals surface area contributed by atoms with Crippen LogP contribution in [0.5, 0.6) is 0 Å². The van der Waals surface area contributed by atoms with E-state index in [0.29, 0.717) is 25.4 Å². The maximum Gasteiger partial charge on any atom is 0.410 e. The quantitative estimate of drug-likeness (QED) is 0.854. The van der Waals surface area contributed by atoms with Crippen molar-refractivity contribution in [2.45, 2.75) is 71.8 Å². The predicted molar refractivity (Wildman–Crippen MR) is 88.2 cm³/mol. The highest BCUT2D eigenvalue weighted by Gasteiger charge is 2.54. The van der Waals surface area contributed by atoms with Gasteiger partial charge in [-0.3, -0.25) is 4.79 Å². The standard InChI is InChI=1S/C18H31NO4/c1-5-13-8-6-7-9-14(13)18(15(20)21)10-11-19(12-18)16(22)23-17(2,3)4/h13-14H,5-12H2,1-4H3,(H,20,21). The van der Waals surface area contributed by atoms with Crippen molar-refractivity contribution >= 4 is 12.1 Å². The zero-order valence-corrected chi connectivity index (χ0v) is 14.9. The van der Waals surface area contributed by atoms with Gasteiger partial charge in [-0.05, 0) is 45.4 Å². The van der Waals surface area contributed by atoms with Gasteiger partial charge in [-0.2, -0.15) is 0 Å². The second-order valence-corrected chi connectivity index (χ2v) is 8.17. The molecule has 132 valence electrons. The first-order valence-electron chi connectivity index (χ1n) is 8.91. The number of aliphatic carboxylic acids is 1. The van der Waals surface area contributed by atoms with E-state index in [9.17, 15) is 14.7 Å². The zero-order valence-electron chi connectivity index (χ0n) is 14.9. The molecule has 1 saturated carbocycles. The predicted octanol–water partition coefficient (Wildman–Crippen LogP) is 3.91. The molecular weight excluding hydrogens is 294 g/mol. The fourth-order valence-corrected chi connectivity index (χ4v) is 4.38. The first-order chi connectivity index (χ1) is 10.7. The Labute approximate surface area is 139 Å². The lowest BCUT2D eigenvalue weighted by Gasteiger charge is -2.41. The van der Waals surface area contributed by atoms with Crippen LogP contribution in [0.3, 0.4) is 0 Å². The van der Waals surface area contributed by atoms with E-state index in [4.69, 9.17) is 4.74 Å². The van der Waals surface area contributed by atoms with Crippen LogP contribution in [0.15, 0.2) is 0 Å². The van der Waals surface area contributed by atoms with Gasteiger partial charge >= 0.3 is 12.1 Å².